The van der Waals surface area contributed by atoms with Gasteiger partial charge in [-0.25, -0.2) is 21.1 Å². The zero-order valence-corrected chi connectivity index (χ0v) is 20.8. The summed E-state index contributed by atoms with van der Waals surface area (Å²) in [6.07, 6.45) is -0.379. The van der Waals surface area contributed by atoms with Crippen molar-refractivity contribution in [1.82, 2.24) is 4.31 Å². The number of rotatable bonds is 5. The fourth-order valence-electron chi connectivity index (χ4n) is 4.85. The second kappa shape index (κ2) is 8.11. The number of hydrogen-bond acceptors (Lipinski definition) is 5. The summed E-state index contributed by atoms with van der Waals surface area (Å²) in [6, 6.07) is 18.5. The minimum absolute atomic E-state index is 0.125. The fourth-order valence-corrected chi connectivity index (χ4v) is 8.21. The summed E-state index contributed by atoms with van der Waals surface area (Å²) in [7, 11) is -6.41. The normalized spacial score (nSPS) is 20.3. The maximum absolute atomic E-state index is 13.9. The molecular weight excluding hydrogens is 472 g/mol. The van der Waals surface area contributed by atoms with Gasteiger partial charge in [-0.1, -0.05) is 35.4 Å². The van der Waals surface area contributed by atoms with Crippen molar-refractivity contribution in [2.75, 3.05) is 18.0 Å². The highest BCUT2D eigenvalue weighted by atomic mass is 32.2. The van der Waals surface area contributed by atoms with Crippen molar-refractivity contribution in [2.24, 2.45) is 0 Å². The molecule has 7 nitrogen and oxygen atoms in total. The average Bonchev–Trinajstić information content (AvgIpc) is 3.38. The maximum atomic E-state index is 13.9. The Labute approximate surface area is 200 Å². The van der Waals surface area contributed by atoms with E-state index in [4.69, 9.17) is 4.74 Å². The minimum Gasteiger partial charge on any atom is -0.497 e. The Morgan fingerprint density at radius 2 is 1.35 bits per heavy atom. The predicted molar refractivity (Wildman–Crippen MR) is 130 cm³/mol. The van der Waals surface area contributed by atoms with Crippen LogP contribution in [0.1, 0.15) is 29.0 Å². The summed E-state index contributed by atoms with van der Waals surface area (Å²) >= 11 is 0. The molecule has 0 unspecified atom stereocenters. The number of ether oxygens (including phenoxy) is 1. The lowest BCUT2D eigenvalue weighted by Crippen LogP contribution is -2.49. The van der Waals surface area contributed by atoms with Crippen LogP contribution in [0.25, 0.3) is 0 Å². The van der Waals surface area contributed by atoms with Gasteiger partial charge >= 0.3 is 0 Å². The van der Waals surface area contributed by atoms with E-state index < -0.39 is 26.2 Å². The van der Waals surface area contributed by atoms with Crippen molar-refractivity contribution in [3.63, 3.8) is 0 Å². The molecule has 0 amide bonds. The fraction of sp³-hybridized carbons (Fsp3) is 0.280. The highest BCUT2D eigenvalue weighted by Gasteiger charge is 2.54. The number of benzene rings is 3. The van der Waals surface area contributed by atoms with E-state index in [1.807, 2.05) is 19.9 Å². The first-order valence-corrected chi connectivity index (χ1v) is 13.9. The van der Waals surface area contributed by atoms with E-state index in [-0.39, 0.29) is 22.3 Å². The molecule has 2 atom stereocenters. The Balaban J connectivity index is 1.67. The Morgan fingerprint density at radius 3 is 1.91 bits per heavy atom. The molecule has 34 heavy (non-hydrogen) atoms. The zero-order valence-electron chi connectivity index (χ0n) is 19.2. The van der Waals surface area contributed by atoms with Gasteiger partial charge in [0.25, 0.3) is 10.0 Å². The van der Waals surface area contributed by atoms with Gasteiger partial charge in [-0.2, -0.15) is 4.31 Å². The highest BCUT2D eigenvalue weighted by Crippen LogP contribution is 2.52. The number of fused-ring (bicyclic) bond motifs is 3. The SMILES string of the molecule is COc1ccc2c(c1)[C@H]1CCN(S(=O)(=O)c3ccc(C)cc3)[C@H]1N2S(=O)(=O)c1ccc(C)cc1. The molecule has 0 spiro atoms. The molecule has 2 heterocycles. The van der Waals surface area contributed by atoms with Crippen LogP contribution in [0.2, 0.25) is 0 Å². The Kier molecular flexibility index (Phi) is 5.46. The first-order valence-electron chi connectivity index (χ1n) is 11.0. The van der Waals surface area contributed by atoms with E-state index in [1.165, 1.54) is 8.61 Å². The largest absolute Gasteiger partial charge is 0.497 e. The number of hydrogen-bond donors (Lipinski definition) is 0. The van der Waals surface area contributed by atoms with E-state index in [0.29, 0.717) is 17.9 Å². The van der Waals surface area contributed by atoms with Gasteiger partial charge in [0.2, 0.25) is 10.0 Å². The molecule has 1 saturated heterocycles. The zero-order chi connectivity index (χ0) is 24.3. The van der Waals surface area contributed by atoms with Crippen LogP contribution in [0, 0.1) is 13.8 Å². The molecule has 3 aromatic rings. The number of aryl methyl sites for hydroxylation is 2. The van der Waals surface area contributed by atoms with E-state index in [9.17, 15) is 16.8 Å². The molecule has 0 radical (unpaired) electrons. The molecule has 0 saturated carbocycles. The van der Waals surface area contributed by atoms with Crippen molar-refractivity contribution in [3.8, 4) is 5.75 Å². The summed E-state index contributed by atoms with van der Waals surface area (Å²) in [5.41, 5.74) is 3.15. The molecule has 5 rings (SSSR count). The first kappa shape index (κ1) is 22.9. The second-order valence-corrected chi connectivity index (χ2v) is 12.5. The third-order valence-electron chi connectivity index (χ3n) is 6.63. The van der Waals surface area contributed by atoms with Crippen molar-refractivity contribution >= 4 is 25.7 Å². The Morgan fingerprint density at radius 1 is 0.794 bits per heavy atom. The monoisotopic (exact) mass is 498 g/mol. The summed E-state index contributed by atoms with van der Waals surface area (Å²) in [5.74, 6) is 0.303. The van der Waals surface area contributed by atoms with E-state index >= 15 is 0 Å². The van der Waals surface area contributed by atoms with Crippen molar-refractivity contribution in [2.45, 2.75) is 42.1 Å². The summed E-state index contributed by atoms with van der Waals surface area (Å²) in [6.45, 7) is 4.00. The van der Waals surface area contributed by atoms with Crippen LogP contribution in [0.5, 0.6) is 5.75 Å². The van der Waals surface area contributed by atoms with Crippen molar-refractivity contribution in [3.05, 3.63) is 83.4 Å². The minimum atomic E-state index is -4.04. The lowest BCUT2D eigenvalue weighted by atomic mass is 9.98. The molecule has 2 aliphatic heterocycles. The van der Waals surface area contributed by atoms with Crippen LogP contribution in [-0.2, 0) is 20.0 Å². The van der Waals surface area contributed by atoms with Crippen LogP contribution >= 0.6 is 0 Å². The van der Waals surface area contributed by atoms with Gasteiger partial charge in [0.05, 0.1) is 22.6 Å². The van der Waals surface area contributed by atoms with Crippen LogP contribution in [0.15, 0.2) is 76.5 Å². The van der Waals surface area contributed by atoms with E-state index in [1.54, 1.807) is 67.8 Å². The predicted octanol–water partition coefficient (Wildman–Crippen LogP) is 4.03. The molecular formula is C25H26N2O5S2. The second-order valence-electron chi connectivity index (χ2n) is 8.78. The molecule has 3 aromatic carbocycles. The molecule has 2 aliphatic rings. The summed E-state index contributed by atoms with van der Waals surface area (Å²) in [4.78, 5) is 0.278. The molecule has 0 aromatic heterocycles. The smallest absolute Gasteiger partial charge is 0.265 e. The third-order valence-corrected chi connectivity index (χ3v) is 10.3. The topological polar surface area (TPSA) is 84.0 Å². The lowest BCUT2D eigenvalue weighted by Gasteiger charge is -2.32. The van der Waals surface area contributed by atoms with Crippen LogP contribution in [-0.4, -0.2) is 41.0 Å². The molecule has 1 fully saturated rings. The van der Waals surface area contributed by atoms with Crippen molar-refractivity contribution in [1.29, 1.82) is 0 Å². The van der Waals surface area contributed by atoms with Gasteiger partial charge in [-0.05, 0) is 68.3 Å². The van der Waals surface area contributed by atoms with Gasteiger partial charge in [0.1, 0.15) is 11.9 Å². The third kappa shape index (κ3) is 3.50. The number of anilines is 1. The molecule has 178 valence electrons. The maximum Gasteiger partial charge on any atom is 0.265 e. The Bertz CT molecular complexity index is 1450. The number of sulfonamides is 2. The van der Waals surface area contributed by atoms with Gasteiger partial charge < -0.3 is 4.74 Å². The highest BCUT2D eigenvalue weighted by molar-refractivity contribution is 7.93. The number of nitrogens with zero attached hydrogens (tertiary/aromatic N) is 2. The average molecular weight is 499 g/mol. The molecule has 0 aliphatic carbocycles. The lowest BCUT2D eigenvalue weighted by molar-refractivity contribution is 0.390. The van der Waals surface area contributed by atoms with Gasteiger partial charge in [-0.15, -0.1) is 0 Å². The van der Waals surface area contributed by atoms with Gasteiger partial charge in [0, 0.05) is 12.5 Å². The van der Waals surface area contributed by atoms with Gasteiger partial charge in [0.15, 0.2) is 0 Å². The first-order chi connectivity index (χ1) is 16.1. The molecule has 0 N–H and O–H groups in total. The van der Waals surface area contributed by atoms with Gasteiger partial charge in [-0.3, -0.25) is 0 Å². The van der Waals surface area contributed by atoms with Crippen LogP contribution in [0.4, 0.5) is 5.69 Å². The summed E-state index contributed by atoms with van der Waals surface area (Å²) < 4.78 is 63.3. The van der Waals surface area contributed by atoms with E-state index in [2.05, 4.69) is 0 Å². The summed E-state index contributed by atoms with van der Waals surface area (Å²) in [5, 5.41) is 0. The molecule has 0 bridgehead atoms. The number of methoxy groups -OCH3 is 1. The van der Waals surface area contributed by atoms with Crippen molar-refractivity contribution < 1.29 is 21.6 Å². The van der Waals surface area contributed by atoms with Crippen LogP contribution < -0.4 is 9.04 Å². The van der Waals surface area contributed by atoms with E-state index in [0.717, 1.165) is 16.7 Å². The quantitative estimate of drug-likeness (QED) is 0.531. The molecule has 9 heteroatoms. The standard InChI is InChI=1S/C25H26N2O5S2/c1-17-4-9-20(10-5-17)33(28,29)26-15-14-22-23-16-19(32-3)8-13-24(23)27(25(22)26)34(30,31)21-11-6-18(2)7-12-21/h4-13,16,22,25H,14-15H2,1-3H3/t22-,25+/m1/s1. The van der Waals surface area contributed by atoms with Crippen LogP contribution in [0.3, 0.4) is 0 Å². The Hall–Kier alpha value is -2.88.